The number of ether oxygens (including phenoxy) is 2. The van der Waals surface area contributed by atoms with Crippen molar-refractivity contribution in [2.75, 3.05) is 51.8 Å². The van der Waals surface area contributed by atoms with E-state index in [9.17, 15) is 9.90 Å². The van der Waals surface area contributed by atoms with Crippen LogP contribution in [0.1, 0.15) is 5.56 Å². The van der Waals surface area contributed by atoms with Gasteiger partial charge < -0.3 is 24.8 Å². The highest BCUT2D eigenvalue weighted by Crippen LogP contribution is 2.23. The maximum absolute atomic E-state index is 12.5. The molecule has 0 saturated carbocycles. The van der Waals surface area contributed by atoms with E-state index in [1.165, 1.54) is 7.11 Å². The van der Waals surface area contributed by atoms with Gasteiger partial charge in [-0.3, -0.25) is 4.90 Å². The summed E-state index contributed by atoms with van der Waals surface area (Å²) < 4.78 is 10.4. The van der Waals surface area contributed by atoms with Gasteiger partial charge in [-0.05, 0) is 18.2 Å². The fourth-order valence-corrected chi connectivity index (χ4v) is 3.28. The van der Waals surface area contributed by atoms with E-state index in [0.29, 0.717) is 36.8 Å². The van der Waals surface area contributed by atoms with E-state index in [-0.39, 0.29) is 18.6 Å². The Kier molecular flexibility index (Phi) is 5.38. The molecule has 2 heterocycles. The molecule has 2 amide bonds. The second-order valence-electron chi connectivity index (χ2n) is 6.15. The van der Waals surface area contributed by atoms with Crippen molar-refractivity contribution in [2.24, 2.45) is 0 Å². The number of aliphatic hydroxyl groups excluding tert-OH is 1. The molecule has 25 heavy (non-hydrogen) atoms. The summed E-state index contributed by atoms with van der Waals surface area (Å²) in [5.74, 6) is 0.462. The summed E-state index contributed by atoms with van der Waals surface area (Å²) in [5.41, 5.74) is 0.875. The van der Waals surface area contributed by atoms with Crippen molar-refractivity contribution in [1.29, 1.82) is 5.26 Å². The number of anilines is 1. The lowest BCUT2D eigenvalue weighted by Crippen LogP contribution is -2.49. The summed E-state index contributed by atoms with van der Waals surface area (Å²) >= 11 is 0. The minimum atomic E-state index is -0.575. The molecule has 8 nitrogen and oxygen atoms in total. The third kappa shape index (κ3) is 3.85. The van der Waals surface area contributed by atoms with Gasteiger partial charge in [0.1, 0.15) is 11.8 Å². The van der Waals surface area contributed by atoms with Crippen molar-refractivity contribution in [2.45, 2.75) is 12.1 Å². The van der Waals surface area contributed by atoms with E-state index in [4.69, 9.17) is 14.7 Å². The Balaban J connectivity index is 1.63. The third-order valence-electron chi connectivity index (χ3n) is 4.63. The third-order valence-corrected chi connectivity index (χ3v) is 4.63. The van der Waals surface area contributed by atoms with Crippen LogP contribution in [0.3, 0.4) is 0 Å². The molecule has 8 heteroatoms. The molecule has 0 bridgehead atoms. The molecular formula is C17H22N4O4. The van der Waals surface area contributed by atoms with Crippen LogP contribution >= 0.6 is 0 Å². The molecule has 0 spiro atoms. The average molecular weight is 346 g/mol. The number of nitrogens with zero attached hydrogens (tertiary/aromatic N) is 3. The molecule has 1 aromatic carbocycles. The summed E-state index contributed by atoms with van der Waals surface area (Å²) in [7, 11) is 1.49. The number of carbonyl (C=O) groups is 1. The molecule has 3 rings (SSSR count). The van der Waals surface area contributed by atoms with Gasteiger partial charge in [-0.1, -0.05) is 0 Å². The minimum absolute atomic E-state index is 0.0693. The van der Waals surface area contributed by atoms with Crippen molar-refractivity contribution >= 4 is 11.7 Å². The number of morpholine rings is 1. The number of nitrogens with one attached hydrogen (secondary N) is 1. The summed E-state index contributed by atoms with van der Waals surface area (Å²) in [4.78, 5) is 16.3. The number of urea groups is 1. The highest BCUT2D eigenvalue weighted by atomic mass is 16.5. The Morgan fingerprint density at radius 1 is 1.40 bits per heavy atom. The normalized spacial score (nSPS) is 24.0. The van der Waals surface area contributed by atoms with Crippen LogP contribution in [0, 0.1) is 11.3 Å². The van der Waals surface area contributed by atoms with Gasteiger partial charge in [-0.15, -0.1) is 0 Å². The smallest absolute Gasteiger partial charge is 0.321 e. The van der Waals surface area contributed by atoms with Gasteiger partial charge in [0.15, 0.2) is 0 Å². The number of benzene rings is 1. The zero-order chi connectivity index (χ0) is 17.8. The number of hydrogen-bond acceptors (Lipinski definition) is 6. The maximum atomic E-state index is 12.5. The first-order chi connectivity index (χ1) is 12.1. The van der Waals surface area contributed by atoms with Gasteiger partial charge in [0.25, 0.3) is 0 Å². The molecule has 1 aromatic rings. The number of nitriles is 1. The largest absolute Gasteiger partial charge is 0.495 e. The molecule has 2 N–H and O–H groups in total. The quantitative estimate of drug-likeness (QED) is 0.826. The van der Waals surface area contributed by atoms with Crippen LogP contribution in [-0.4, -0.2) is 79.6 Å². The van der Waals surface area contributed by atoms with Crippen LogP contribution < -0.4 is 10.1 Å². The molecule has 2 atom stereocenters. The molecule has 2 saturated heterocycles. The molecule has 134 valence electrons. The molecule has 2 aliphatic heterocycles. The molecule has 0 aliphatic carbocycles. The van der Waals surface area contributed by atoms with Gasteiger partial charge in [0.05, 0.1) is 44.6 Å². The average Bonchev–Trinajstić information content (AvgIpc) is 3.04. The van der Waals surface area contributed by atoms with Crippen molar-refractivity contribution in [3.63, 3.8) is 0 Å². The fourth-order valence-electron chi connectivity index (χ4n) is 3.28. The highest BCUT2D eigenvalue weighted by Gasteiger charge is 2.38. The van der Waals surface area contributed by atoms with Crippen LogP contribution in [0.2, 0.25) is 0 Å². The maximum Gasteiger partial charge on any atom is 0.321 e. The summed E-state index contributed by atoms with van der Waals surface area (Å²) in [5, 5.41) is 22.2. The lowest BCUT2D eigenvalue weighted by Gasteiger charge is -2.33. The monoisotopic (exact) mass is 346 g/mol. The zero-order valence-electron chi connectivity index (χ0n) is 14.1. The first-order valence-electron chi connectivity index (χ1n) is 8.26. The Bertz CT molecular complexity index is 669. The van der Waals surface area contributed by atoms with Crippen molar-refractivity contribution in [3.8, 4) is 11.8 Å². The van der Waals surface area contributed by atoms with E-state index in [1.807, 2.05) is 6.07 Å². The molecule has 2 fully saturated rings. The zero-order valence-corrected chi connectivity index (χ0v) is 14.1. The molecular weight excluding hydrogens is 324 g/mol. The first kappa shape index (κ1) is 17.5. The lowest BCUT2D eigenvalue weighted by atomic mass is 10.2. The SMILES string of the molecule is COc1ccc(NC(=O)N2C[C@H](O)[C@@H](N3CCOCC3)C2)cc1C#N. The van der Waals surface area contributed by atoms with Crippen LogP contribution in [-0.2, 0) is 4.74 Å². The Morgan fingerprint density at radius 3 is 2.84 bits per heavy atom. The molecule has 0 radical (unpaired) electrons. The van der Waals surface area contributed by atoms with Crippen LogP contribution in [0.5, 0.6) is 5.75 Å². The topological polar surface area (TPSA) is 98.1 Å². The van der Waals surface area contributed by atoms with Crippen LogP contribution in [0.15, 0.2) is 18.2 Å². The van der Waals surface area contributed by atoms with E-state index >= 15 is 0 Å². The van der Waals surface area contributed by atoms with Gasteiger partial charge in [0.2, 0.25) is 0 Å². The standard InChI is InChI=1S/C17H22N4O4/c1-24-16-3-2-13(8-12(16)9-18)19-17(23)21-10-14(15(22)11-21)20-4-6-25-7-5-20/h2-3,8,14-15,22H,4-7,10-11H2,1H3,(H,19,23)/t14-,15-/m0/s1. The summed E-state index contributed by atoms with van der Waals surface area (Å²) in [6.07, 6.45) is -0.575. The predicted octanol–water partition coefficient (Wildman–Crippen LogP) is 0.476. The van der Waals surface area contributed by atoms with E-state index < -0.39 is 6.10 Å². The highest BCUT2D eigenvalue weighted by molar-refractivity contribution is 5.90. The van der Waals surface area contributed by atoms with Crippen molar-refractivity contribution in [3.05, 3.63) is 23.8 Å². The molecule has 2 aliphatic rings. The number of aliphatic hydroxyl groups is 1. The van der Waals surface area contributed by atoms with E-state index in [1.54, 1.807) is 23.1 Å². The number of hydrogen-bond donors (Lipinski definition) is 2. The van der Waals surface area contributed by atoms with Crippen LogP contribution in [0.4, 0.5) is 10.5 Å². The second kappa shape index (κ2) is 7.70. The second-order valence-corrected chi connectivity index (χ2v) is 6.15. The number of carbonyl (C=O) groups excluding carboxylic acids is 1. The molecule has 0 unspecified atom stereocenters. The summed E-state index contributed by atoms with van der Waals surface area (Å²) in [6.45, 7) is 3.59. The number of methoxy groups -OCH3 is 1. The number of amides is 2. The Morgan fingerprint density at radius 2 is 2.16 bits per heavy atom. The van der Waals surface area contributed by atoms with Gasteiger partial charge in [-0.2, -0.15) is 5.26 Å². The fraction of sp³-hybridized carbons (Fsp3) is 0.529. The van der Waals surface area contributed by atoms with E-state index in [0.717, 1.165) is 13.1 Å². The van der Waals surface area contributed by atoms with Crippen molar-refractivity contribution < 1.29 is 19.4 Å². The number of rotatable bonds is 3. The van der Waals surface area contributed by atoms with Crippen LogP contribution in [0.25, 0.3) is 0 Å². The van der Waals surface area contributed by atoms with Gasteiger partial charge in [-0.25, -0.2) is 4.79 Å². The van der Waals surface area contributed by atoms with Crippen molar-refractivity contribution in [1.82, 2.24) is 9.80 Å². The van der Waals surface area contributed by atoms with Gasteiger partial charge >= 0.3 is 6.03 Å². The predicted molar refractivity (Wildman–Crippen MR) is 90.5 cm³/mol. The number of β-amino-alcohol motifs (C(OH)–C–C–N with tert-alkyl or cyclic N) is 1. The minimum Gasteiger partial charge on any atom is -0.495 e. The Labute approximate surface area is 146 Å². The lowest BCUT2D eigenvalue weighted by molar-refractivity contribution is -0.00607. The first-order valence-corrected chi connectivity index (χ1v) is 8.26. The van der Waals surface area contributed by atoms with E-state index in [2.05, 4.69) is 10.2 Å². The summed E-state index contributed by atoms with van der Waals surface area (Å²) in [6, 6.07) is 6.58. The Hall–Kier alpha value is -2.34. The molecule has 0 aromatic heterocycles. The van der Waals surface area contributed by atoms with Gasteiger partial charge in [0, 0.05) is 25.3 Å². The number of likely N-dealkylation sites (tertiary alicyclic amines) is 1.